The van der Waals surface area contributed by atoms with E-state index < -0.39 is 0 Å². The van der Waals surface area contributed by atoms with Crippen LogP contribution >= 0.6 is 0 Å². The predicted molar refractivity (Wildman–Crippen MR) is 54.1 cm³/mol. The number of nitrogens with two attached hydrogens (primary N) is 1. The fraction of sp³-hybridized carbons (Fsp3) is 1.00. The first-order valence-corrected chi connectivity index (χ1v) is 5.26. The minimum atomic E-state index is 0.185. The molecule has 2 N–H and O–H groups in total. The summed E-state index contributed by atoms with van der Waals surface area (Å²) in [5.41, 5.74) is 7.03. The highest BCUT2D eigenvalue weighted by Gasteiger charge is 2.34. The van der Waals surface area contributed by atoms with Crippen molar-refractivity contribution >= 4 is 0 Å². The van der Waals surface area contributed by atoms with E-state index in [-0.39, 0.29) is 5.54 Å². The highest BCUT2D eigenvalue weighted by molar-refractivity contribution is 4.92. The number of rotatable bonds is 2. The zero-order valence-electron chi connectivity index (χ0n) is 8.82. The van der Waals surface area contributed by atoms with Crippen LogP contribution in [0.2, 0.25) is 0 Å². The average molecular weight is 169 g/mol. The zero-order chi connectivity index (χ0) is 9.24. The third-order valence-electron chi connectivity index (χ3n) is 3.35. The monoisotopic (exact) mass is 169 g/mol. The zero-order valence-corrected chi connectivity index (χ0v) is 8.82. The topological polar surface area (TPSA) is 26.0 Å². The Kier molecular flexibility index (Phi) is 2.82. The molecule has 72 valence electrons. The van der Waals surface area contributed by atoms with E-state index in [0.717, 1.165) is 0 Å². The molecule has 0 atom stereocenters. The molecular weight excluding hydrogens is 146 g/mol. The summed E-state index contributed by atoms with van der Waals surface area (Å²) in [5, 5.41) is 0. The standard InChI is InChI=1S/C11H23N/c1-4-5-11(12)8-6-10(2,3)7-9-11/h4-9,12H2,1-3H3. The summed E-state index contributed by atoms with van der Waals surface area (Å²) >= 11 is 0. The molecule has 0 aromatic carbocycles. The van der Waals surface area contributed by atoms with Crippen molar-refractivity contribution in [2.75, 3.05) is 0 Å². The summed E-state index contributed by atoms with van der Waals surface area (Å²) in [6, 6.07) is 0. The van der Waals surface area contributed by atoms with Gasteiger partial charge in [0.15, 0.2) is 0 Å². The SMILES string of the molecule is CCCC1(N)CCC(C)(C)CC1. The molecular formula is C11H23N. The lowest BCUT2D eigenvalue weighted by Crippen LogP contribution is -2.44. The van der Waals surface area contributed by atoms with Crippen molar-refractivity contribution in [3.05, 3.63) is 0 Å². The molecule has 0 aliphatic heterocycles. The van der Waals surface area contributed by atoms with Crippen LogP contribution in [0.15, 0.2) is 0 Å². The van der Waals surface area contributed by atoms with Gasteiger partial charge in [-0.25, -0.2) is 0 Å². The molecule has 1 fully saturated rings. The maximum Gasteiger partial charge on any atom is 0.0154 e. The van der Waals surface area contributed by atoms with Crippen LogP contribution in [0, 0.1) is 5.41 Å². The Morgan fingerprint density at radius 2 is 1.58 bits per heavy atom. The van der Waals surface area contributed by atoms with Gasteiger partial charge in [0, 0.05) is 5.54 Å². The fourth-order valence-electron chi connectivity index (χ4n) is 2.17. The van der Waals surface area contributed by atoms with Crippen molar-refractivity contribution in [1.29, 1.82) is 0 Å². The molecule has 1 aliphatic rings. The van der Waals surface area contributed by atoms with E-state index in [0.29, 0.717) is 5.41 Å². The lowest BCUT2D eigenvalue weighted by atomic mass is 9.68. The van der Waals surface area contributed by atoms with Gasteiger partial charge >= 0.3 is 0 Å². The highest BCUT2D eigenvalue weighted by Crippen LogP contribution is 2.40. The van der Waals surface area contributed by atoms with Gasteiger partial charge in [0.2, 0.25) is 0 Å². The van der Waals surface area contributed by atoms with E-state index in [1.807, 2.05) is 0 Å². The van der Waals surface area contributed by atoms with Gasteiger partial charge in [0.1, 0.15) is 0 Å². The summed E-state index contributed by atoms with van der Waals surface area (Å²) in [6.07, 6.45) is 7.52. The Hall–Kier alpha value is -0.0400. The minimum Gasteiger partial charge on any atom is -0.325 e. The molecule has 0 unspecified atom stereocenters. The van der Waals surface area contributed by atoms with Crippen molar-refractivity contribution in [2.45, 2.75) is 64.8 Å². The fourth-order valence-corrected chi connectivity index (χ4v) is 2.17. The van der Waals surface area contributed by atoms with E-state index in [1.165, 1.54) is 38.5 Å². The van der Waals surface area contributed by atoms with Crippen LogP contribution in [0.3, 0.4) is 0 Å². The van der Waals surface area contributed by atoms with Gasteiger partial charge in [-0.1, -0.05) is 27.2 Å². The lowest BCUT2D eigenvalue weighted by molar-refractivity contribution is 0.157. The molecule has 1 aliphatic carbocycles. The Bertz CT molecular complexity index is 139. The molecule has 0 aromatic heterocycles. The normalized spacial score (nSPS) is 27.0. The second-order valence-electron chi connectivity index (χ2n) is 5.28. The van der Waals surface area contributed by atoms with Gasteiger partial charge in [-0.15, -0.1) is 0 Å². The summed E-state index contributed by atoms with van der Waals surface area (Å²) in [7, 11) is 0. The smallest absolute Gasteiger partial charge is 0.0154 e. The molecule has 0 radical (unpaired) electrons. The Morgan fingerprint density at radius 3 is 2.00 bits per heavy atom. The van der Waals surface area contributed by atoms with Crippen molar-refractivity contribution in [1.82, 2.24) is 0 Å². The predicted octanol–water partition coefficient (Wildman–Crippen LogP) is 3.08. The van der Waals surface area contributed by atoms with Gasteiger partial charge < -0.3 is 5.73 Å². The van der Waals surface area contributed by atoms with Crippen molar-refractivity contribution < 1.29 is 0 Å². The molecule has 1 nitrogen and oxygen atoms in total. The van der Waals surface area contributed by atoms with E-state index in [9.17, 15) is 0 Å². The van der Waals surface area contributed by atoms with Gasteiger partial charge in [0.05, 0.1) is 0 Å². The Labute approximate surface area is 76.7 Å². The van der Waals surface area contributed by atoms with Gasteiger partial charge in [-0.2, -0.15) is 0 Å². The molecule has 1 saturated carbocycles. The Balaban J connectivity index is 2.44. The molecule has 0 spiro atoms. The number of hydrogen-bond donors (Lipinski definition) is 1. The molecule has 1 heteroatoms. The van der Waals surface area contributed by atoms with E-state index in [1.54, 1.807) is 0 Å². The highest BCUT2D eigenvalue weighted by atomic mass is 14.7. The second kappa shape index (κ2) is 3.37. The maximum absolute atomic E-state index is 6.29. The van der Waals surface area contributed by atoms with Crippen LogP contribution in [0.4, 0.5) is 0 Å². The lowest BCUT2D eigenvalue weighted by Gasteiger charge is -2.41. The molecule has 0 amide bonds. The van der Waals surface area contributed by atoms with E-state index in [4.69, 9.17) is 5.73 Å². The van der Waals surface area contributed by atoms with E-state index >= 15 is 0 Å². The molecule has 0 aromatic rings. The van der Waals surface area contributed by atoms with Crippen molar-refractivity contribution in [2.24, 2.45) is 11.1 Å². The number of hydrogen-bond acceptors (Lipinski definition) is 1. The third kappa shape index (κ3) is 2.48. The van der Waals surface area contributed by atoms with Crippen LogP contribution < -0.4 is 5.73 Å². The molecule has 1 rings (SSSR count). The molecule has 12 heavy (non-hydrogen) atoms. The van der Waals surface area contributed by atoms with Crippen LogP contribution in [0.25, 0.3) is 0 Å². The average Bonchev–Trinajstić information content (AvgIpc) is 1.98. The van der Waals surface area contributed by atoms with Gasteiger partial charge in [-0.05, 0) is 37.5 Å². The first-order chi connectivity index (χ1) is 5.47. The third-order valence-corrected chi connectivity index (χ3v) is 3.35. The maximum atomic E-state index is 6.29. The van der Waals surface area contributed by atoms with Crippen LogP contribution in [-0.4, -0.2) is 5.54 Å². The largest absolute Gasteiger partial charge is 0.325 e. The summed E-state index contributed by atoms with van der Waals surface area (Å²) in [4.78, 5) is 0. The first-order valence-electron chi connectivity index (χ1n) is 5.26. The summed E-state index contributed by atoms with van der Waals surface area (Å²) in [5.74, 6) is 0. The van der Waals surface area contributed by atoms with E-state index in [2.05, 4.69) is 20.8 Å². The molecule has 0 heterocycles. The first kappa shape index (κ1) is 10.0. The van der Waals surface area contributed by atoms with Gasteiger partial charge in [-0.3, -0.25) is 0 Å². The van der Waals surface area contributed by atoms with Crippen molar-refractivity contribution in [3.63, 3.8) is 0 Å². The Morgan fingerprint density at radius 1 is 1.08 bits per heavy atom. The molecule has 0 saturated heterocycles. The minimum absolute atomic E-state index is 0.185. The van der Waals surface area contributed by atoms with Crippen LogP contribution in [-0.2, 0) is 0 Å². The van der Waals surface area contributed by atoms with Crippen molar-refractivity contribution in [3.8, 4) is 0 Å². The summed E-state index contributed by atoms with van der Waals surface area (Å²) in [6.45, 7) is 6.95. The molecule has 0 bridgehead atoms. The quantitative estimate of drug-likeness (QED) is 0.675. The van der Waals surface area contributed by atoms with Crippen LogP contribution in [0.1, 0.15) is 59.3 Å². The van der Waals surface area contributed by atoms with Crippen LogP contribution in [0.5, 0.6) is 0 Å². The second-order valence-corrected chi connectivity index (χ2v) is 5.28. The van der Waals surface area contributed by atoms with Gasteiger partial charge in [0.25, 0.3) is 0 Å². The summed E-state index contributed by atoms with van der Waals surface area (Å²) < 4.78 is 0.